The summed E-state index contributed by atoms with van der Waals surface area (Å²) in [6.45, 7) is 2.97. The number of imidazole rings is 1. The lowest BCUT2D eigenvalue weighted by Gasteiger charge is -2.32. The van der Waals surface area contributed by atoms with Crippen LogP contribution in [0.2, 0.25) is 0 Å². The quantitative estimate of drug-likeness (QED) is 0.557. The number of nitrogens with zero attached hydrogens (tertiary/aromatic N) is 5. The van der Waals surface area contributed by atoms with Gasteiger partial charge >= 0.3 is 0 Å². The summed E-state index contributed by atoms with van der Waals surface area (Å²) >= 11 is 0. The van der Waals surface area contributed by atoms with Crippen LogP contribution in [-0.2, 0) is 6.54 Å². The molecule has 1 atom stereocenters. The molecule has 2 aromatic heterocycles. The highest BCUT2D eigenvalue weighted by atomic mass is 16.5. The summed E-state index contributed by atoms with van der Waals surface area (Å²) < 4.78 is 9.78. The smallest absolute Gasteiger partial charge is 0.174 e. The highest BCUT2D eigenvalue weighted by molar-refractivity contribution is 5.69. The van der Waals surface area contributed by atoms with Gasteiger partial charge in [-0.2, -0.15) is 5.10 Å². The van der Waals surface area contributed by atoms with Gasteiger partial charge in [0.15, 0.2) is 5.82 Å². The summed E-state index contributed by atoms with van der Waals surface area (Å²) in [6.07, 6.45) is 17.2. The summed E-state index contributed by atoms with van der Waals surface area (Å²) in [5, 5.41) is 4.80. The fourth-order valence-corrected chi connectivity index (χ4v) is 5.19. The number of hydrogen-bond donors (Lipinski definition) is 0. The predicted molar refractivity (Wildman–Crippen MR) is 122 cm³/mol. The third-order valence-corrected chi connectivity index (χ3v) is 6.77. The van der Waals surface area contributed by atoms with Crippen LogP contribution in [-0.4, -0.2) is 31.4 Å². The van der Waals surface area contributed by atoms with Gasteiger partial charge < -0.3 is 9.30 Å². The second-order valence-electron chi connectivity index (χ2n) is 8.89. The van der Waals surface area contributed by atoms with E-state index in [1.165, 1.54) is 50.8 Å². The Balaban J connectivity index is 1.37. The van der Waals surface area contributed by atoms with Gasteiger partial charge in [0, 0.05) is 18.7 Å². The summed E-state index contributed by atoms with van der Waals surface area (Å²) in [7, 11) is 1.70. The first-order chi connectivity index (χ1) is 15.2. The van der Waals surface area contributed by atoms with Crippen LogP contribution in [0.5, 0.6) is 5.75 Å². The van der Waals surface area contributed by atoms with Gasteiger partial charge in [0.1, 0.15) is 11.6 Å². The molecule has 6 nitrogen and oxygen atoms in total. The normalized spacial score (nSPS) is 19.6. The van der Waals surface area contributed by atoms with Gasteiger partial charge in [-0.25, -0.2) is 14.6 Å². The zero-order valence-corrected chi connectivity index (χ0v) is 18.5. The number of aryl methyl sites for hydroxylation is 2. The molecule has 1 saturated carbocycles. The van der Waals surface area contributed by atoms with Crippen molar-refractivity contribution < 1.29 is 4.74 Å². The van der Waals surface area contributed by atoms with Gasteiger partial charge in [-0.05, 0) is 62.3 Å². The van der Waals surface area contributed by atoms with Gasteiger partial charge in [0.25, 0.3) is 0 Å². The second kappa shape index (κ2) is 8.69. The Morgan fingerprint density at radius 2 is 1.94 bits per heavy atom. The molecule has 0 radical (unpaired) electrons. The molecule has 0 spiro atoms. The van der Waals surface area contributed by atoms with Gasteiger partial charge in [-0.3, -0.25) is 0 Å². The van der Waals surface area contributed by atoms with Gasteiger partial charge in [-0.15, -0.1) is 0 Å². The van der Waals surface area contributed by atoms with Crippen LogP contribution in [0.15, 0.2) is 30.7 Å². The maximum Gasteiger partial charge on any atom is 0.174 e. The van der Waals surface area contributed by atoms with Crippen LogP contribution in [0.1, 0.15) is 73.8 Å². The minimum absolute atomic E-state index is 0.585. The van der Waals surface area contributed by atoms with E-state index in [1.54, 1.807) is 7.11 Å². The monoisotopic (exact) mass is 417 g/mol. The minimum atomic E-state index is 0.585. The average molecular weight is 418 g/mol. The molecule has 1 aliphatic heterocycles. The zero-order valence-electron chi connectivity index (χ0n) is 18.5. The van der Waals surface area contributed by atoms with Crippen LogP contribution in [0.3, 0.4) is 0 Å². The number of rotatable bonds is 5. The first kappa shape index (κ1) is 20.0. The molecule has 1 fully saturated rings. The molecule has 0 unspecified atom stereocenters. The SMILES string of the molecule is COc1cc(C=Cc2nc3n(n2)CCC[C@@H]3C2CCCCC2)ccc1-n1cnc(C)c1. The predicted octanol–water partition coefficient (Wildman–Crippen LogP) is 5.41. The highest BCUT2D eigenvalue weighted by Gasteiger charge is 2.31. The van der Waals surface area contributed by atoms with E-state index in [1.807, 2.05) is 36.2 Å². The molecule has 3 heterocycles. The van der Waals surface area contributed by atoms with E-state index in [4.69, 9.17) is 14.8 Å². The highest BCUT2D eigenvalue weighted by Crippen LogP contribution is 2.40. The zero-order chi connectivity index (χ0) is 21.2. The molecule has 1 aromatic carbocycles. The average Bonchev–Trinajstić information content (AvgIpc) is 3.43. The molecular formula is C25H31N5O. The Morgan fingerprint density at radius 3 is 2.71 bits per heavy atom. The van der Waals surface area contributed by atoms with E-state index in [0.29, 0.717) is 5.92 Å². The standard InChI is InChI=1S/C25H31N5O/c1-18-16-29(17-26-18)22-12-10-19(15-23(22)31-2)11-13-24-27-25-21(9-6-14-30(25)28-24)20-7-4-3-5-8-20/h10-13,15-17,20-21H,3-9,14H2,1-2H3/t21-/m1/s1. The summed E-state index contributed by atoms with van der Waals surface area (Å²) in [5.41, 5.74) is 3.02. The second-order valence-corrected chi connectivity index (χ2v) is 8.89. The molecule has 31 heavy (non-hydrogen) atoms. The van der Waals surface area contributed by atoms with Gasteiger partial charge in [0.05, 0.1) is 24.8 Å². The largest absolute Gasteiger partial charge is 0.495 e. The molecule has 2 aliphatic rings. The maximum atomic E-state index is 5.63. The van der Waals surface area contributed by atoms with Crippen LogP contribution in [0.4, 0.5) is 0 Å². The van der Waals surface area contributed by atoms with E-state index in [-0.39, 0.29) is 0 Å². The number of hydrogen-bond acceptors (Lipinski definition) is 4. The molecular weight excluding hydrogens is 386 g/mol. The Morgan fingerprint density at radius 1 is 1.06 bits per heavy atom. The van der Waals surface area contributed by atoms with E-state index in [2.05, 4.69) is 27.9 Å². The number of fused-ring (bicyclic) bond motifs is 1. The molecule has 0 saturated heterocycles. The number of benzene rings is 1. The Labute approximate surface area is 184 Å². The number of aromatic nitrogens is 5. The summed E-state index contributed by atoms with van der Waals surface area (Å²) in [5.74, 6) is 4.21. The molecule has 0 N–H and O–H groups in total. The summed E-state index contributed by atoms with van der Waals surface area (Å²) in [6, 6.07) is 6.19. The van der Waals surface area contributed by atoms with E-state index < -0.39 is 0 Å². The topological polar surface area (TPSA) is 57.8 Å². The molecule has 0 bridgehead atoms. The van der Waals surface area contributed by atoms with Crippen LogP contribution >= 0.6 is 0 Å². The van der Waals surface area contributed by atoms with E-state index >= 15 is 0 Å². The molecule has 3 aromatic rings. The minimum Gasteiger partial charge on any atom is -0.495 e. The fourth-order valence-electron chi connectivity index (χ4n) is 5.19. The van der Waals surface area contributed by atoms with Crippen molar-refractivity contribution in [1.29, 1.82) is 0 Å². The van der Waals surface area contributed by atoms with Gasteiger partial charge in [0.2, 0.25) is 0 Å². The molecule has 5 rings (SSSR count). The molecule has 1 aliphatic carbocycles. The third kappa shape index (κ3) is 4.16. The first-order valence-corrected chi connectivity index (χ1v) is 11.5. The molecule has 6 heteroatoms. The molecule has 162 valence electrons. The maximum absolute atomic E-state index is 5.63. The van der Waals surface area contributed by atoms with Crippen LogP contribution in [0, 0.1) is 12.8 Å². The van der Waals surface area contributed by atoms with E-state index in [0.717, 1.165) is 41.0 Å². The first-order valence-electron chi connectivity index (χ1n) is 11.5. The Hall–Kier alpha value is -2.89. The van der Waals surface area contributed by atoms with Crippen molar-refractivity contribution in [2.75, 3.05) is 7.11 Å². The van der Waals surface area contributed by atoms with Gasteiger partial charge in [-0.1, -0.05) is 31.4 Å². The van der Waals surface area contributed by atoms with Crippen molar-refractivity contribution in [2.45, 2.75) is 64.3 Å². The van der Waals surface area contributed by atoms with Crippen molar-refractivity contribution in [1.82, 2.24) is 24.3 Å². The molecule has 0 amide bonds. The van der Waals surface area contributed by atoms with Crippen LogP contribution < -0.4 is 4.74 Å². The number of ether oxygens (including phenoxy) is 1. The fraction of sp³-hybridized carbons (Fsp3) is 0.480. The van der Waals surface area contributed by atoms with Crippen molar-refractivity contribution in [2.24, 2.45) is 5.92 Å². The van der Waals surface area contributed by atoms with Crippen LogP contribution in [0.25, 0.3) is 17.8 Å². The van der Waals surface area contributed by atoms with E-state index in [9.17, 15) is 0 Å². The van der Waals surface area contributed by atoms with Crippen molar-refractivity contribution in [3.05, 3.63) is 53.6 Å². The Bertz CT molecular complexity index is 1070. The third-order valence-electron chi connectivity index (χ3n) is 6.77. The van der Waals surface area contributed by atoms with Crippen molar-refractivity contribution >= 4 is 12.2 Å². The number of methoxy groups -OCH3 is 1. The lowest BCUT2D eigenvalue weighted by atomic mass is 9.77. The lowest BCUT2D eigenvalue weighted by Crippen LogP contribution is -2.24. The van der Waals surface area contributed by atoms with Crippen molar-refractivity contribution in [3.8, 4) is 11.4 Å². The summed E-state index contributed by atoms with van der Waals surface area (Å²) in [4.78, 5) is 9.27. The van der Waals surface area contributed by atoms with Crippen molar-refractivity contribution in [3.63, 3.8) is 0 Å². The lowest BCUT2D eigenvalue weighted by molar-refractivity contribution is 0.254. The Kier molecular flexibility index (Phi) is 5.62.